The molecule has 0 heterocycles. The fourth-order valence-corrected chi connectivity index (χ4v) is 2.40. The number of hydrogen-bond donors (Lipinski definition) is 2. The average molecular weight is 248 g/mol. The van der Waals surface area contributed by atoms with E-state index in [9.17, 15) is 4.79 Å². The van der Waals surface area contributed by atoms with Gasteiger partial charge in [0.25, 0.3) is 0 Å². The summed E-state index contributed by atoms with van der Waals surface area (Å²) in [5.74, 6) is -0.00432. The highest BCUT2D eigenvalue weighted by Crippen LogP contribution is 2.29. The first-order valence-electron chi connectivity index (χ1n) is 6.47. The number of anilines is 2. The van der Waals surface area contributed by atoms with Crippen LogP contribution in [0.3, 0.4) is 0 Å². The van der Waals surface area contributed by atoms with Gasteiger partial charge in [0, 0.05) is 17.4 Å². The molecule has 0 amide bonds. The van der Waals surface area contributed by atoms with Crippen molar-refractivity contribution in [2.75, 3.05) is 17.7 Å². The Kier molecular flexibility index (Phi) is 4.07. The van der Waals surface area contributed by atoms with E-state index in [1.807, 2.05) is 31.2 Å². The summed E-state index contributed by atoms with van der Waals surface area (Å²) in [4.78, 5) is 11.6. The Morgan fingerprint density at radius 3 is 2.78 bits per heavy atom. The smallest absolute Gasteiger partial charge is 0.308 e. The number of nitrogen functional groups attached to an aromatic ring is 1. The van der Waals surface area contributed by atoms with Crippen molar-refractivity contribution in [1.29, 1.82) is 0 Å². The fourth-order valence-electron chi connectivity index (χ4n) is 2.40. The SMILES string of the molecule is CCOC(=O)[C@H]1CC[C@@H](Nc2ccc(N)cc2)C1. The number of rotatable bonds is 4. The van der Waals surface area contributed by atoms with E-state index in [0.29, 0.717) is 12.6 Å². The van der Waals surface area contributed by atoms with Crippen molar-refractivity contribution >= 4 is 17.3 Å². The third-order valence-corrected chi connectivity index (χ3v) is 3.33. The van der Waals surface area contributed by atoms with Crippen molar-refractivity contribution in [3.8, 4) is 0 Å². The third kappa shape index (κ3) is 3.15. The number of carbonyl (C=O) groups excluding carboxylic acids is 1. The van der Waals surface area contributed by atoms with Gasteiger partial charge in [0.1, 0.15) is 0 Å². The van der Waals surface area contributed by atoms with Gasteiger partial charge in [-0.1, -0.05) is 0 Å². The Labute approximate surface area is 108 Å². The molecule has 2 rings (SSSR count). The zero-order chi connectivity index (χ0) is 13.0. The highest BCUT2D eigenvalue weighted by molar-refractivity contribution is 5.73. The van der Waals surface area contributed by atoms with E-state index in [1.165, 1.54) is 0 Å². The molecule has 1 aliphatic carbocycles. The van der Waals surface area contributed by atoms with Crippen LogP contribution < -0.4 is 11.1 Å². The topological polar surface area (TPSA) is 64.3 Å². The Morgan fingerprint density at radius 1 is 1.39 bits per heavy atom. The Morgan fingerprint density at radius 2 is 2.11 bits per heavy atom. The quantitative estimate of drug-likeness (QED) is 0.634. The number of esters is 1. The number of benzene rings is 1. The van der Waals surface area contributed by atoms with Crippen LogP contribution in [0.4, 0.5) is 11.4 Å². The molecule has 4 nitrogen and oxygen atoms in total. The van der Waals surface area contributed by atoms with Gasteiger partial charge in [0.2, 0.25) is 0 Å². The fraction of sp³-hybridized carbons (Fsp3) is 0.500. The lowest BCUT2D eigenvalue weighted by Gasteiger charge is -2.14. The lowest BCUT2D eigenvalue weighted by atomic mass is 10.1. The molecule has 1 saturated carbocycles. The molecular formula is C14H20N2O2. The molecule has 1 aromatic carbocycles. The standard InChI is InChI=1S/C14H20N2O2/c1-2-18-14(17)10-3-6-13(9-10)16-12-7-4-11(15)5-8-12/h4-5,7-8,10,13,16H,2-3,6,9,15H2,1H3/t10-,13+/m0/s1. The summed E-state index contributed by atoms with van der Waals surface area (Å²) in [7, 11) is 0. The van der Waals surface area contributed by atoms with E-state index >= 15 is 0 Å². The number of nitrogens with two attached hydrogens (primary N) is 1. The first-order chi connectivity index (χ1) is 8.69. The Bertz CT molecular complexity index is 403. The molecule has 2 atom stereocenters. The molecule has 1 aromatic rings. The van der Waals surface area contributed by atoms with Crippen molar-refractivity contribution < 1.29 is 9.53 Å². The zero-order valence-corrected chi connectivity index (χ0v) is 10.7. The van der Waals surface area contributed by atoms with Crippen molar-refractivity contribution in [1.82, 2.24) is 0 Å². The van der Waals surface area contributed by atoms with Crippen LogP contribution in [0.1, 0.15) is 26.2 Å². The van der Waals surface area contributed by atoms with Crippen LogP contribution in [-0.2, 0) is 9.53 Å². The number of carbonyl (C=O) groups is 1. The molecule has 4 heteroatoms. The largest absolute Gasteiger partial charge is 0.466 e. The lowest BCUT2D eigenvalue weighted by Crippen LogP contribution is -2.19. The van der Waals surface area contributed by atoms with Gasteiger partial charge >= 0.3 is 5.97 Å². The van der Waals surface area contributed by atoms with Gasteiger partial charge < -0.3 is 15.8 Å². The summed E-state index contributed by atoms with van der Waals surface area (Å²) in [5.41, 5.74) is 7.46. The van der Waals surface area contributed by atoms with Crippen molar-refractivity contribution in [2.45, 2.75) is 32.2 Å². The molecule has 0 unspecified atom stereocenters. The van der Waals surface area contributed by atoms with Gasteiger partial charge in [-0.3, -0.25) is 4.79 Å². The van der Waals surface area contributed by atoms with E-state index in [1.54, 1.807) is 0 Å². The van der Waals surface area contributed by atoms with Gasteiger partial charge in [0.15, 0.2) is 0 Å². The Balaban J connectivity index is 1.86. The predicted octanol–water partition coefficient (Wildman–Crippen LogP) is 2.41. The second-order valence-electron chi connectivity index (χ2n) is 4.73. The molecule has 3 N–H and O–H groups in total. The molecule has 0 spiro atoms. The molecular weight excluding hydrogens is 228 g/mol. The molecule has 0 radical (unpaired) electrons. The lowest BCUT2D eigenvalue weighted by molar-refractivity contribution is -0.147. The van der Waals surface area contributed by atoms with Gasteiger partial charge in [-0.15, -0.1) is 0 Å². The molecule has 0 aliphatic heterocycles. The van der Waals surface area contributed by atoms with E-state index in [0.717, 1.165) is 30.6 Å². The van der Waals surface area contributed by atoms with Gasteiger partial charge in [-0.05, 0) is 50.5 Å². The predicted molar refractivity (Wildman–Crippen MR) is 72.2 cm³/mol. The van der Waals surface area contributed by atoms with Crippen LogP contribution in [0.15, 0.2) is 24.3 Å². The minimum atomic E-state index is -0.0564. The molecule has 0 bridgehead atoms. The second-order valence-corrected chi connectivity index (χ2v) is 4.73. The van der Waals surface area contributed by atoms with Gasteiger partial charge in [-0.25, -0.2) is 0 Å². The molecule has 1 aliphatic rings. The molecule has 0 saturated heterocycles. The monoisotopic (exact) mass is 248 g/mol. The number of ether oxygens (including phenoxy) is 1. The van der Waals surface area contributed by atoms with Crippen LogP contribution in [-0.4, -0.2) is 18.6 Å². The van der Waals surface area contributed by atoms with Crippen LogP contribution in [0.25, 0.3) is 0 Å². The molecule has 1 fully saturated rings. The zero-order valence-electron chi connectivity index (χ0n) is 10.7. The summed E-state index contributed by atoms with van der Waals surface area (Å²) >= 11 is 0. The van der Waals surface area contributed by atoms with Crippen LogP contribution in [0, 0.1) is 5.92 Å². The summed E-state index contributed by atoms with van der Waals surface area (Å²) in [5, 5.41) is 3.43. The van der Waals surface area contributed by atoms with Crippen molar-refractivity contribution in [3.05, 3.63) is 24.3 Å². The van der Waals surface area contributed by atoms with E-state index in [4.69, 9.17) is 10.5 Å². The first kappa shape index (κ1) is 12.7. The highest BCUT2D eigenvalue weighted by atomic mass is 16.5. The summed E-state index contributed by atoms with van der Waals surface area (Å²) < 4.78 is 5.06. The average Bonchev–Trinajstić information content (AvgIpc) is 2.81. The molecule has 18 heavy (non-hydrogen) atoms. The maximum Gasteiger partial charge on any atom is 0.308 e. The minimum Gasteiger partial charge on any atom is -0.466 e. The summed E-state index contributed by atoms with van der Waals surface area (Å²) in [6, 6.07) is 8.03. The molecule has 98 valence electrons. The highest BCUT2D eigenvalue weighted by Gasteiger charge is 2.30. The summed E-state index contributed by atoms with van der Waals surface area (Å²) in [6.07, 6.45) is 2.77. The van der Waals surface area contributed by atoms with Crippen LogP contribution in [0.5, 0.6) is 0 Å². The van der Waals surface area contributed by atoms with Crippen LogP contribution in [0.2, 0.25) is 0 Å². The van der Waals surface area contributed by atoms with E-state index < -0.39 is 0 Å². The van der Waals surface area contributed by atoms with Crippen LogP contribution >= 0.6 is 0 Å². The second kappa shape index (κ2) is 5.76. The van der Waals surface area contributed by atoms with Gasteiger partial charge in [-0.2, -0.15) is 0 Å². The van der Waals surface area contributed by atoms with E-state index in [-0.39, 0.29) is 11.9 Å². The summed E-state index contributed by atoms with van der Waals surface area (Å²) in [6.45, 7) is 2.31. The van der Waals surface area contributed by atoms with Gasteiger partial charge in [0.05, 0.1) is 12.5 Å². The Hall–Kier alpha value is -1.71. The van der Waals surface area contributed by atoms with E-state index in [2.05, 4.69) is 5.32 Å². The minimum absolute atomic E-state index is 0.0521. The van der Waals surface area contributed by atoms with Crippen molar-refractivity contribution in [2.24, 2.45) is 5.92 Å². The maximum absolute atomic E-state index is 11.6. The molecule has 0 aromatic heterocycles. The number of hydrogen-bond acceptors (Lipinski definition) is 4. The number of nitrogens with one attached hydrogen (secondary N) is 1. The first-order valence-corrected chi connectivity index (χ1v) is 6.47. The maximum atomic E-state index is 11.6. The third-order valence-electron chi connectivity index (χ3n) is 3.33. The van der Waals surface area contributed by atoms with Crippen molar-refractivity contribution in [3.63, 3.8) is 0 Å². The normalized spacial score (nSPS) is 22.7.